The number of nitrogens with zero attached hydrogens (tertiary/aromatic N) is 1. The third-order valence-corrected chi connectivity index (χ3v) is 5.24. The molecule has 0 amide bonds. The van der Waals surface area contributed by atoms with Crippen LogP contribution in [0.25, 0.3) is 31.6 Å². The summed E-state index contributed by atoms with van der Waals surface area (Å²) in [7, 11) is 1.68. The average molecular weight is 359 g/mol. The van der Waals surface area contributed by atoms with Crippen LogP contribution in [0.5, 0.6) is 5.75 Å². The van der Waals surface area contributed by atoms with Crippen LogP contribution in [0.3, 0.4) is 0 Å². The number of hydrogen-bond donors (Lipinski definition) is 1. The Balaban J connectivity index is 2.03. The van der Waals surface area contributed by atoms with Gasteiger partial charge in [0.2, 0.25) is 0 Å². The first kappa shape index (κ1) is 12.9. The fraction of sp³-hybridized carbons (Fsp3) is 0.0625. The maximum atomic E-state index is 5.55. The van der Waals surface area contributed by atoms with Gasteiger partial charge in [-0.15, -0.1) is 11.3 Å². The van der Waals surface area contributed by atoms with Gasteiger partial charge >= 0.3 is 0 Å². The number of halogens is 1. The topological polar surface area (TPSA) is 37.9 Å². The second kappa shape index (κ2) is 4.86. The molecule has 5 heteroatoms. The Labute approximate surface area is 133 Å². The Morgan fingerprint density at radius 1 is 1.19 bits per heavy atom. The first-order valence-corrected chi connectivity index (χ1v) is 8.08. The molecular weight excluding hydrogens is 348 g/mol. The van der Waals surface area contributed by atoms with Crippen molar-refractivity contribution in [1.82, 2.24) is 10.2 Å². The molecule has 0 spiro atoms. The van der Waals surface area contributed by atoms with Gasteiger partial charge in [0, 0.05) is 4.70 Å². The fourth-order valence-electron chi connectivity index (χ4n) is 2.53. The SMILES string of the molecule is COc1c(Br)ccc2[nH]nc(-c3cc4ccccc4s3)c12. The highest BCUT2D eigenvalue weighted by Crippen LogP contribution is 2.41. The highest BCUT2D eigenvalue weighted by Gasteiger charge is 2.17. The third kappa shape index (κ3) is 1.96. The number of aromatic nitrogens is 2. The molecule has 0 radical (unpaired) electrons. The summed E-state index contributed by atoms with van der Waals surface area (Å²) in [4.78, 5) is 1.14. The van der Waals surface area contributed by atoms with E-state index < -0.39 is 0 Å². The van der Waals surface area contributed by atoms with Crippen LogP contribution in [0.1, 0.15) is 0 Å². The first-order chi connectivity index (χ1) is 10.3. The lowest BCUT2D eigenvalue weighted by atomic mass is 10.1. The van der Waals surface area contributed by atoms with E-state index in [1.54, 1.807) is 18.4 Å². The minimum atomic E-state index is 0.814. The van der Waals surface area contributed by atoms with E-state index in [1.165, 1.54) is 10.1 Å². The summed E-state index contributed by atoms with van der Waals surface area (Å²) in [5.74, 6) is 0.814. The lowest BCUT2D eigenvalue weighted by Gasteiger charge is -2.05. The fourth-order valence-corrected chi connectivity index (χ4v) is 4.08. The summed E-state index contributed by atoms with van der Waals surface area (Å²) in [5.41, 5.74) is 1.91. The van der Waals surface area contributed by atoms with E-state index in [9.17, 15) is 0 Å². The Morgan fingerprint density at radius 3 is 2.86 bits per heavy atom. The average Bonchev–Trinajstić information content (AvgIpc) is 3.10. The normalized spacial score (nSPS) is 11.3. The van der Waals surface area contributed by atoms with E-state index in [2.05, 4.69) is 56.5 Å². The molecular formula is C16H11BrN2OS. The molecule has 104 valence electrons. The van der Waals surface area contributed by atoms with Crippen LogP contribution in [-0.4, -0.2) is 17.3 Å². The van der Waals surface area contributed by atoms with E-state index in [-0.39, 0.29) is 0 Å². The number of methoxy groups -OCH3 is 1. The van der Waals surface area contributed by atoms with Crippen LogP contribution in [0.2, 0.25) is 0 Å². The largest absolute Gasteiger partial charge is 0.495 e. The van der Waals surface area contributed by atoms with Crippen molar-refractivity contribution in [2.75, 3.05) is 7.11 Å². The standard InChI is InChI=1S/C16H11BrN2OS/c1-20-16-10(17)6-7-11-14(16)15(19-18-11)13-8-9-4-2-3-5-12(9)21-13/h2-8H,1H3,(H,18,19). The molecule has 0 bridgehead atoms. The Hall–Kier alpha value is -1.85. The predicted octanol–water partition coefficient (Wildman–Crippen LogP) is 5.22. The van der Waals surface area contributed by atoms with Crippen molar-refractivity contribution < 1.29 is 4.74 Å². The molecule has 0 aliphatic carbocycles. The molecule has 1 N–H and O–H groups in total. The van der Waals surface area contributed by atoms with Crippen molar-refractivity contribution >= 4 is 48.3 Å². The second-order valence-electron chi connectivity index (χ2n) is 4.72. The molecule has 21 heavy (non-hydrogen) atoms. The van der Waals surface area contributed by atoms with Gasteiger partial charge in [0.15, 0.2) is 0 Å². The Bertz CT molecular complexity index is 924. The summed E-state index contributed by atoms with van der Waals surface area (Å²) >= 11 is 5.28. The van der Waals surface area contributed by atoms with E-state index in [1.807, 2.05) is 12.1 Å². The zero-order valence-corrected chi connectivity index (χ0v) is 13.6. The van der Waals surface area contributed by atoms with Crippen LogP contribution in [0, 0.1) is 0 Å². The summed E-state index contributed by atoms with van der Waals surface area (Å²) in [6.45, 7) is 0. The molecule has 0 saturated heterocycles. The van der Waals surface area contributed by atoms with E-state index in [0.29, 0.717) is 0 Å². The zero-order valence-electron chi connectivity index (χ0n) is 11.2. The molecule has 2 aromatic heterocycles. The first-order valence-electron chi connectivity index (χ1n) is 6.47. The van der Waals surface area contributed by atoms with Gasteiger partial charge in [-0.1, -0.05) is 18.2 Å². The van der Waals surface area contributed by atoms with Crippen LogP contribution in [0.15, 0.2) is 46.9 Å². The highest BCUT2D eigenvalue weighted by molar-refractivity contribution is 9.10. The summed E-state index contributed by atoms with van der Waals surface area (Å²) in [5, 5.41) is 9.83. The molecule has 2 heterocycles. The lowest BCUT2D eigenvalue weighted by Crippen LogP contribution is -1.86. The number of thiophene rings is 1. The Kier molecular flexibility index (Phi) is 2.97. The molecule has 0 saturated carbocycles. The van der Waals surface area contributed by atoms with E-state index >= 15 is 0 Å². The minimum absolute atomic E-state index is 0.814. The van der Waals surface area contributed by atoms with Crippen molar-refractivity contribution in [2.24, 2.45) is 0 Å². The van der Waals surface area contributed by atoms with Crippen LogP contribution >= 0.6 is 27.3 Å². The predicted molar refractivity (Wildman–Crippen MR) is 91.2 cm³/mol. The number of aromatic amines is 1. The van der Waals surface area contributed by atoms with Gasteiger partial charge in [0.05, 0.1) is 27.4 Å². The van der Waals surface area contributed by atoms with Crippen LogP contribution < -0.4 is 4.74 Å². The van der Waals surface area contributed by atoms with E-state index in [4.69, 9.17) is 4.74 Å². The highest BCUT2D eigenvalue weighted by atomic mass is 79.9. The van der Waals surface area contributed by atoms with Crippen molar-refractivity contribution in [3.8, 4) is 16.3 Å². The number of ether oxygens (including phenoxy) is 1. The number of rotatable bonds is 2. The van der Waals surface area contributed by atoms with Gasteiger partial charge in [0.25, 0.3) is 0 Å². The quantitative estimate of drug-likeness (QED) is 0.533. The lowest BCUT2D eigenvalue weighted by molar-refractivity contribution is 0.417. The third-order valence-electron chi connectivity index (χ3n) is 3.50. The molecule has 4 aromatic rings. The Morgan fingerprint density at radius 2 is 2.05 bits per heavy atom. The van der Waals surface area contributed by atoms with Gasteiger partial charge in [-0.2, -0.15) is 5.10 Å². The number of benzene rings is 2. The van der Waals surface area contributed by atoms with Crippen LogP contribution in [-0.2, 0) is 0 Å². The molecule has 0 fully saturated rings. The van der Waals surface area contributed by atoms with Gasteiger partial charge in [-0.3, -0.25) is 5.10 Å². The van der Waals surface area contributed by atoms with Gasteiger partial charge in [-0.25, -0.2) is 0 Å². The van der Waals surface area contributed by atoms with Gasteiger partial charge in [0.1, 0.15) is 11.4 Å². The smallest absolute Gasteiger partial charge is 0.144 e. The molecule has 0 aliphatic heterocycles. The van der Waals surface area contributed by atoms with Crippen molar-refractivity contribution in [1.29, 1.82) is 0 Å². The minimum Gasteiger partial charge on any atom is -0.495 e. The van der Waals surface area contributed by atoms with Crippen molar-refractivity contribution in [3.05, 3.63) is 46.9 Å². The summed E-state index contributed by atoms with van der Waals surface area (Å²) in [6, 6.07) is 14.5. The summed E-state index contributed by atoms with van der Waals surface area (Å²) in [6.07, 6.45) is 0. The molecule has 0 unspecified atom stereocenters. The molecule has 2 aromatic carbocycles. The monoisotopic (exact) mass is 358 g/mol. The maximum Gasteiger partial charge on any atom is 0.144 e. The molecule has 3 nitrogen and oxygen atoms in total. The number of nitrogens with one attached hydrogen (secondary N) is 1. The van der Waals surface area contributed by atoms with Crippen LogP contribution in [0.4, 0.5) is 0 Å². The van der Waals surface area contributed by atoms with E-state index in [0.717, 1.165) is 31.7 Å². The van der Waals surface area contributed by atoms with Gasteiger partial charge in [-0.05, 0) is 45.6 Å². The van der Waals surface area contributed by atoms with Gasteiger partial charge < -0.3 is 4.74 Å². The molecule has 0 atom stereocenters. The number of H-pyrrole nitrogens is 1. The zero-order chi connectivity index (χ0) is 14.4. The summed E-state index contributed by atoms with van der Waals surface area (Å²) < 4.78 is 7.74. The maximum absolute atomic E-state index is 5.55. The number of hydrogen-bond acceptors (Lipinski definition) is 3. The second-order valence-corrected chi connectivity index (χ2v) is 6.66. The number of fused-ring (bicyclic) bond motifs is 2. The van der Waals surface area contributed by atoms with Crippen molar-refractivity contribution in [2.45, 2.75) is 0 Å². The van der Waals surface area contributed by atoms with Crippen molar-refractivity contribution in [3.63, 3.8) is 0 Å². The molecule has 0 aliphatic rings. The molecule has 4 rings (SSSR count).